The second kappa shape index (κ2) is 18.6. The van der Waals surface area contributed by atoms with Crippen LogP contribution in [0.4, 0.5) is 33.1 Å². The van der Waals surface area contributed by atoms with Crippen molar-refractivity contribution >= 4 is 67.8 Å². The van der Waals surface area contributed by atoms with Crippen LogP contribution in [0.3, 0.4) is 0 Å². The van der Waals surface area contributed by atoms with E-state index in [0.717, 1.165) is 66.7 Å². The van der Waals surface area contributed by atoms with Gasteiger partial charge in [-0.2, -0.15) is 0 Å². The third-order valence-electron chi connectivity index (χ3n) is 12.0. The Morgan fingerprint density at radius 1 is 0.875 bits per heavy atom. The van der Waals surface area contributed by atoms with Crippen molar-refractivity contribution in [2.24, 2.45) is 5.92 Å². The summed E-state index contributed by atoms with van der Waals surface area (Å²) < 4.78 is 43.5. The van der Waals surface area contributed by atoms with E-state index in [2.05, 4.69) is 30.1 Å². The van der Waals surface area contributed by atoms with Gasteiger partial charge < -0.3 is 20.0 Å². The van der Waals surface area contributed by atoms with Gasteiger partial charge in [-0.05, 0) is 85.8 Å². The molecule has 0 radical (unpaired) electrons. The number of carbonyl (C=O) groups excluding carboxylic acids is 3. The van der Waals surface area contributed by atoms with Crippen LogP contribution < -0.4 is 25.2 Å². The summed E-state index contributed by atoms with van der Waals surface area (Å²) >= 11 is 1.41. The highest BCUT2D eigenvalue weighted by atomic mass is 32.2. The molecule has 0 unspecified atom stereocenters. The molecule has 0 spiro atoms. The van der Waals surface area contributed by atoms with Crippen LogP contribution in [0.15, 0.2) is 79.0 Å². The van der Waals surface area contributed by atoms with Crippen LogP contribution in [0.25, 0.3) is 21.8 Å². The second-order valence-electron chi connectivity index (χ2n) is 17.6. The summed E-state index contributed by atoms with van der Waals surface area (Å²) in [6.07, 6.45) is 4.50. The Bertz CT molecular complexity index is 2620. The summed E-state index contributed by atoms with van der Waals surface area (Å²) in [5.74, 6) is -1.01. The minimum absolute atomic E-state index is 0.00838. The monoisotopic (exact) mass is 907 g/mol. The van der Waals surface area contributed by atoms with Crippen molar-refractivity contribution in [1.29, 1.82) is 0 Å². The summed E-state index contributed by atoms with van der Waals surface area (Å²) in [6.45, 7) is 12.2. The number of rotatable bonds is 12. The lowest BCUT2D eigenvalue weighted by Crippen LogP contribution is -2.51. The van der Waals surface area contributed by atoms with Gasteiger partial charge in [0.05, 0.1) is 38.6 Å². The quantitative estimate of drug-likeness (QED) is 0.105. The minimum Gasteiger partial charge on any atom is -0.371 e. The first-order valence-electron chi connectivity index (χ1n) is 21.9. The number of halogens is 1. The first kappa shape index (κ1) is 44.7. The number of amides is 3. The molecule has 336 valence electrons. The van der Waals surface area contributed by atoms with Crippen molar-refractivity contribution in [2.75, 3.05) is 64.9 Å². The molecule has 8 rings (SSSR count). The van der Waals surface area contributed by atoms with Crippen molar-refractivity contribution in [3.05, 3.63) is 95.4 Å². The third kappa shape index (κ3) is 10.0. The SMILES string of the molecule is CCCS(=O)(=O)Nc1cccc(-c2nc(C(C)(C)C)sc2-c2ccnc(Nc3ccc(N4CCN(C(=O)C5CCN(c6ccc([C@H]7CCC(=O)NC7=O)cc6)CC5)CC4)cc3)n2)c1F. The van der Waals surface area contributed by atoms with Gasteiger partial charge in [0.1, 0.15) is 0 Å². The minimum atomic E-state index is -3.72. The first-order valence-corrected chi connectivity index (χ1v) is 24.4. The van der Waals surface area contributed by atoms with Crippen LogP contribution in [-0.4, -0.2) is 91.0 Å². The molecule has 64 heavy (non-hydrogen) atoms. The number of hydrogen-bond donors (Lipinski definition) is 3. The Hall–Kier alpha value is -5.94. The molecule has 3 N–H and O–H groups in total. The standard InChI is InChI=1S/C47H54FN9O5S2/c1-5-29-64(61,62)54-37-8-6-7-36(40(37)48)41-42(63-45(53-41)47(2,3)4)38-19-22-49-46(51-38)50-32-11-15-34(16-12-32)56-25-27-57(28-26-56)44(60)31-20-23-55(24-21-31)33-13-9-30(10-14-33)35-17-18-39(58)52-43(35)59/h6-16,19,22,31,35,54H,5,17-18,20-21,23-29H2,1-4H3,(H,49,50,51)(H,52,58,59)/t35-/m1/s1. The topological polar surface area (TPSA) is 170 Å². The van der Waals surface area contributed by atoms with Crippen molar-refractivity contribution in [1.82, 2.24) is 25.2 Å². The van der Waals surface area contributed by atoms with Gasteiger partial charge in [0.2, 0.25) is 33.7 Å². The molecule has 3 saturated heterocycles. The summed E-state index contributed by atoms with van der Waals surface area (Å²) in [4.78, 5) is 58.9. The number of hydrogen-bond acceptors (Lipinski definition) is 12. The fourth-order valence-electron chi connectivity index (χ4n) is 8.47. The van der Waals surface area contributed by atoms with Crippen LogP contribution in [0, 0.1) is 11.7 Å². The Morgan fingerprint density at radius 3 is 2.20 bits per heavy atom. The molecular formula is C47H54FN9O5S2. The molecule has 5 heterocycles. The first-order chi connectivity index (χ1) is 30.7. The van der Waals surface area contributed by atoms with E-state index in [9.17, 15) is 22.8 Å². The molecule has 3 aromatic carbocycles. The van der Waals surface area contributed by atoms with Crippen molar-refractivity contribution in [3.8, 4) is 21.8 Å². The number of anilines is 5. The Morgan fingerprint density at radius 2 is 1.55 bits per heavy atom. The molecular weight excluding hydrogens is 854 g/mol. The fraction of sp³-hybridized carbons (Fsp3) is 0.404. The number of benzene rings is 3. The molecule has 2 aromatic heterocycles. The number of nitrogens with one attached hydrogen (secondary N) is 3. The van der Waals surface area contributed by atoms with Crippen molar-refractivity contribution in [3.63, 3.8) is 0 Å². The maximum absolute atomic E-state index is 16.1. The lowest BCUT2D eigenvalue weighted by Gasteiger charge is -2.39. The van der Waals surface area contributed by atoms with Crippen LogP contribution >= 0.6 is 11.3 Å². The van der Waals surface area contributed by atoms with Crippen LogP contribution in [0.2, 0.25) is 0 Å². The number of imide groups is 1. The summed E-state index contributed by atoms with van der Waals surface area (Å²) in [6, 6.07) is 22.4. The Labute approximate surface area is 377 Å². The Balaban J connectivity index is 0.865. The predicted molar refractivity (Wildman–Crippen MR) is 250 cm³/mol. The molecule has 17 heteroatoms. The molecule has 0 aliphatic carbocycles. The molecule has 3 aliphatic heterocycles. The number of nitrogens with zero attached hydrogens (tertiary/aromatic N) is 6. The molecule has 3 amide bonds. The van der Waals surface area contributed by atoms with Gasteiger partial charge in [0.25, 0.3) is 0 Å². The van der Waals surface area contributed by atoms with Crippen LogP contribution in [0.5, 0.6) is 0 Å². The zero-order chi connectivity index (χ0) is 45.2. The predicted octanol–water partition coefficient (Wildman–Crippen LogP) is 7.68. The van der Waals surface area contributed by atoms with Gasteiger partial charge in [-0.25, -0.2) is 27.8 Å². The van der Waals surface area contributed by atoms with Gasteiger partial charge in [-0.1, -0.05) is 45.9 Å². The van der Waals surface area contributed by atoms with Crippen molar-refractivity contribution in [2.45, 2.75) is 71.1 Å². The molecule has 14 nitrogen and oxygen atoms in total. The van der Waals surface area contributed by atoms with Gasteiger partial charge in [0.15, 0.2) is 5.82 Å². The average Bonchev–Trinajstić information content (AvgIpc) is 3.74. The van der Waals surface area contributed by atoms with Crippen LogP contribution in [-0.2, 0) is 29.8 Å². The fourth-order valence-corrected chi connectivity index (χ4v) is 10.7. The largest absolute Gasteiger partial charge is 0.371 e. The second-order valence-corrected chi connectivity index (χ2v) is 20.5. The Kier molecular flexibility index (Phi) is 13.0. The highest BCUT2D eigenvalue weighted by Gasteiger charge is 2.32. The molecule has 0 saturated carbocycles. The van der Waals surface area contributed by atoms with Gasteiger partial charge in [-0.3, -0.25) is 24.4 Å². The van der Waals surface area contributed by atoms with E-state index in [1.54, 1.807) is 31.3 Å². The number of piperazine rings is 1. The van der Waals surface area contributed by atoms with E-state index in [0.29, 0.717) is 54.6 Å². The van der Waals surface area contributed by atoms with E-state index in [1.807, 2.05) is 74.2 Å². The summed E-state index contributed by atoms with van der Waals surface area (Å²) in [5, 5.41) is 6.51. The van der Waals surface area contributed by atoms with E-state index < -0.39 is 15.8 Å². The van der Waals surface area contributed by atoms with E-state index in [1.165, 1.54) is 17.4 Å². The lowest BCUT2D eigenvalue weighted by molar-refractivity contribution is -0.136. The highest BCUT2D eigenvalue weighted by molar-refractivity contribution is 7.92. The number of aromatic nitrogens is 3. The molecule has 1 atom stereocenters. The van der Waals surface area contributed by atoms with E-state index >= 15 is 4.39 Å². The zero-order valence-electron chi connectivity index (χ0n) is 36.6. The number of thiazole rings is 1. The number of carbonyl (C=O) groups is 3. The highest BCUT2D eigenvalue weighted by Crippen LogP contribution is 2.42. The third-order valence-corrected chi connectivity index (χ3v) is 15.0. The van der Waals surface area contributed by atoms with E-state index in [4.69, 9.17) is 9.97 Å². The van der Waals surface area contributed by atoms with Gasteiger partial charge in [-0.15, -0.1) is 11.3 Å². The normalized spacial score (nSPS) is 17.6. The van der Waals surface area contributed by atoms with Crippen molar-refractivity contribution < 1.29 is 27.2 Å². The lowest BCUT2D eigenvalue weighted by atomic mass is 9.90. The zero-order valence-corrected chi connectivity index (χ0v) is 38.2. The molecule has 0 bridgehead atoms. The van der Waals surface area contributed by atoms with Crippen LogP contribution in [0.1, 0.15) is 76.3 Å². The summed E-state index contributed by atoms with van der Waals surface area (Å²) in [7, 11) is -3.72. The molecule has 5 aromatic rings. The van der Waals surface area contributed by atoms with E-state index in [-0.39, 0.29) is 52.0 Å². The van der Waals surface area contributed by atoms with Gasteiger partial charge >= 0.3 is 0 Å². The number of piperidine rings is 2. The smallest absolute Gasteiger partial charge is 0.234 e. The molecule has 3 aliphatic rings. The molecule has 3 fully saturated rings. The maximum atomic E-state index is 16.1. The maximum Gasteiger partial charge on any atom is 0.234 e. The van der Waals surface area contributed by atoms with Gasteiger partial charge in [0, 0.05) is 85.8 Å². The summed E-state index contributed by atoms with van der Waals surface area (Å²) in [5.41, 5.74) is 4.44. The number of sulfonamides is 1. The average molecular weight is 908 g/mol.